The molecule has 0 aliphatic carbocycles. The number of aliphatic hydroxyl groups is 1. The van der Waals surface area contributed by atoms with Gasteiger partial charge in [0, 0.05) is 48.9 Å². The van der Waals surface area contributed by atoms with E-state index in [9.17, 15) is 9.90 Å². The first-order valence-electron chi connectivity index (χ1n) is 9.47. The Morgan fingerprint density at radius 3 is 2.86 bits per heavy atom. The van der Waals surface area contributed by atoms with Crippen LogP contribution in [-0.4, -0.2) is 59.5 Å². The van der Waals surface area contributed by atoms with Crippen molar-refractivity contribution in [1.82, 2.24) is 29.3 Å². The summed E-state index contributed by atoms with van der Waals surface area (Å²) in [7, 11) is 1.88. The third-order valence-corrected chi connectivity index (χ3v) is 6.28. The number of carbonyl (C=O) groups excluding carboxylic acids is 1. The summed E-state index contributed by atoms with van der Waals surface area (Å²) in [4.78, 5) is 19.9. The molecule has 0 saturated carbocycles. The lowest BCUT2D eigenvalue weighted by molar-refractivity contribution is 0.0682. The van der Waals surface area contributed by atoms with E-state index < -0.39 is 0 Å². The predicted octanol–water partition coefficient (Wildman–Crippen LogP) is 2.46. The third-order valence-electron chi connectivity index (χ3n) is 5.36. The molecule has 0 radical (unpaired) electrons. The van der Waals surface area contributed by atoms with Crippen LogP contribution in [0, 0.1) is 0 Å². The summed E-state index contributed by atoms with van der Waals surface area (Å²) in [6.07, 6.45) is 11.0. The second kappa shape index (κ2) is 7.09. The standard InChI is InChI=1S/C20H20N6O2S/c1-24-9-15(7-22-24)14-6-21-19-17(8-23-26(19)10-14)13-5-18(29-12-13)20(28)25-4-2-3-16(25)11-27/h5-10,12,16,27H,2-4,11H2,1H3. The number of hydrogen-bond acceptors (Lipinski definition) is 6. The number of thiophene rings is 1. The van der Waals surface area contributed by atoms with Gasteiger partial charge in [-0.05, 0) is 29.9 Å². The van der Waals surface area contributed by atoms with Gasteiger partial charge in [-0.2, -0.15) is 10.2 Å². The molecule has 1 fully saturated rings. The fourth-order valence-corrected chi connectivity index (χ4v) is 4.68. The van der Waals surface area contributed by atoms with E-state index >= 15 is 0 Å². The van der Waals surface area contributed by atoms with E-state index in [0.717, 1.165) is 40.7 Å². The highest BCUT2D eigenvalue weighted by Gasteiger charge is 2.29. The fraction of sp³-hybridized carbons (Fsp3) is 0.300. The number of fused-ring (bicyclic) bond motifs is 1. The molecule has 1 saturated heterocycles. The maximum Gasteiger partial charge on any atom is 0.264 e. The van der Waals surface area contributed by atoms with Gasteiger partial charge < -0.3 is 10.0 Å². The minimum atomic E-state index is -0.0717. The van der Waals surface area contributed by atoms with E-state index in [1.165, 1.54) is 11.3 Å². The number of likely N-dealkylation sites (tertiary alicyclic amines) is 1. The second-order valence-corrected chi connectivity index (χ2v) is 8.16. The van der Waals surface area contributed by atoms with Crippen LogP contribution in [0.4, 0.5) is 0 Å². The van der Waals surface area contributed by atoms with Crippen molar-refractivity contribution in [2.24, 2.45) is 7.05 Å². The van der Waals surface area contributed by atoms with Crippen LogP contribution in [0.5, 0.6) is 0 Å². The summed E-state index contributed by atoms with van der Waals surface area (Å²) in [5.41, 5.74) is 4.47. The number of aryl methyl sites for hydroxylation is 1. The highest BCUT2D eigenvalue weighted by molar-refractivity contribution is 7.12. The van der Waals surface area contributed by atoms with Crippen LogP contribution in [-0.2, 0) is 7.05 Å². The Morgan fingerprint density at radius 2 is 2.07 bits per heavy atom. The van der Waals surface area contributed by atoms with Crippen molar-refractivity contribution >= 4 is 22.9 Å². The Bertz CT molecular complexity index is 1190. The monoisotopic (exact) mass is 408 g/mol. The van der Waals surface area contributed by atoms with Crippen molar-refractivity contribution in [3.8, 4) is 22.3 Å². The normalized spacial score (nSPS) is 16.8. The Morgan fingerprint density at radius 1 is 1.21 bits per heavy atom. The smallest absolute Gasteiger partial charge is 0.264 e. The largest absolute Gasteiger partial charge is 0.394 e. The SMILES string of the molecule is Cn1cc(-c2cnc3c(-c4csc(C(=O)N5CCCC5CO)c4)cnn3c2)cn1. The molecule has 5 rings (SSSR count). The van der Waals surface area contributed by atoms with Crippen LogP contribution < -0.4 is 0 Å². The summed E-state index contributed by atoms with van der Waals surface area (Å²) in [6, 6.07) is 1.82. The van der Waals surface area contributed by atoms with Gasteiger partial charge in [0.15, 0.2) is 5.65 Å². The van der Waals surface area contributed by atoms with Crippen LogP contribution in [0.15, 0.2) is 42.4 Å². The summed E-state index contributed by atoms with van der Waals surface area (Å²) in [5, 5.41) is 20.1. The molecule has 0 bridgehead atoms. The topological polar surface area (TPSA) is 88.5 Å². The highest BCUT2D eigenvalue weighted by Crippen LogP contribution is 2.31. The van der Waals surface area contributed by atoms with E-state index in [-0.39, 0.29) is 18.6 Å². The van der Waals surface area contributed by atoms with Gasteiger partial charge in [0.2, 0.25) is 0 Å². The Kier molecular flexibility index (Phi) is 4.40. The number of hydrogen-bond donors (Lipinski definition) is 1. The molecular weight excluding hydrogens is 388 g/mol. The molecule has 1 aliphatic rings. The first-order chi connectivity index (χ1) is 14.1. The molecule has 4 aromatic rings. The maximum absolute atomic E-state index is 12.8. The average Bonchev–Trinajstić information content (AvgIpc) is 3.51. The first-order valence-corrected chi connectivity index (χ1v) is 10.3. The van der Waals surface area contributed by atoms with Gasteiger partial charge in [-0.15, -0.1) is 11.3 Å². The lowest BCUT2D eigenvalue weighted by Crippen LogP contribution is -2.37. The van der Waals surface area contributed by atoms with Crippen LogP contribution in [0.2, 0.25) is 0 Å². The number of nitrogens with zero attached hydrogens (tertiary/aromatic N) is 6. The van der Waals surface area contributed by atoms with Crippen LogP contribution in [0.1, 0.15) is 22.5 Å². The van der Waals surface area contributed by atoms with Crippen molar-refractivity contribution in [2.75, 3.05) is 13.2 Å². The van der Waals surface area contributed by atoms with Crippen molar-refractivity contribution in [1.29, 1.82) is 0 Å². The number of amides is 1. The van der Waals surface area contributed by atoms with Gasteiger partial charge in [0.25, 0.3) is 5.91 Å². The quantitative estimate of drug-likeness (QED) is 0.560. The number of aromatic nitrogens is 5. The lowest BCUT2D eigenvalue weighted by atomic mass is 10.1. The fourth-order valence-electron chi connectivity index (χ4n) is 3.82. The third kappa shape index (κ3) is 3.12. The zero-order valence-corrected chi connectivity index (χ0v) is 16.7. The molecule has 1 unspecified atom stereocenters. The molecule has 0 aromatic carbocycles. The number of aliphatic hydroxyl groups excluding tert-OH is 1. The van der Waals surface area contributed by atoms with E-state index in [0.29, 0.717) is 11.4 Å². The second-order valence-electron chi connectivity index (χ2n) is 7.25. The van der Waals surface area contributed by atoms with Crippen molar-refractivity contribution in [3.05, 3.63) is 47.3 Å². The molecular formula is C20H20N6O2S. The van der Waals surface area contributed by atoms with E-state index in [1.54, 1.807) is 26.5 Å². The number of rotatable bonds is 4. The van der Waals surface area contributed by atoms with Gasteiger partial charge in [0.1, 0.15) is 0 Å². The zero-order chi connectivity index (χ0) is 20.0. The first kappa shape index (κ1) is 18.0. The lowest BCUT2D eigenvalue weighted by Gasteiger charge is -2.22. The van der Waals surface area contributed by atoms with Gasteiger partial charge >= 0.3 is 0 Å². The summed E-state index contributed by atoms with van der Waals surface area (Å²) >= 11 is 1.42. The summed E-state index contributed by atoms with van der Waals surface area (Å²) in [5.74, 6) is -0.0129. The highest BCUT2D eigenvalue weighted by atomic mass is 32.1. The molecule has 148 valence electrons. The molecule has 9 heteroatoms. The molecule has 1 N–H and O–H groups in total. The Labute approximate surface area is 171 Å². The Hall–Kier alpha value is -3.04. The molecule has 0 spiro atoms. The molecule has 1 aliphatic heterocycles. The van der Waals surface area contributed by atoms with Gasteiger partial charge in [-0.25, -0.2) is 9.50 Å². The molecule has 1 amide bonds. The van der Waals surface area contributed by atoms with Crippen molar-refractivity contribution in [3.63, 3.8) is 0 Å². The van der Waals surface area contributed by atoms with E-state index in [2.05, 4.69) is 15.2 Å². The molecule has 8 nitrogen and oxygen atoms in total. The molecule has 29 heavy (non-hydrogen) atoms. The van der Waals surface area contributed by atoms with Gasteiger partial charge in [-0.3, -0.25) is 9.48 Å². The minimum absolute atomic E-state index is 0.0129. The number of carbonyl (C=O) groups is 1. The van der Waals surface area contributed by atoms with Crippen molar-refractivity contribution in [2.45, 2.75) is 18.9 Å². The van der Waals surface area contributed by atoms with Crippen LogP contribution >= 0.6 is 11.3 Å². The Balaban J connectivity index is 1.45. The average molecular weight is 408 g/mol. The van der Waals surface area contributed by atoms with Crippen LogP contribution in [0.3, 0.4) is 0 Å². The maximum atomic E-state index is 12.8. The predicted molar refractivity (Wildman–Crippen MR) is 110 cm³/mol. The molecule has 5 heterocycles. The summed E-state index contributed by atoms with van der Waals surface area (Å²) in [6.45, 7) is 0.716. The molecule has 1 atom stereocenters. The van der Waals surface area contributed by atoms with E-state index in [4.69, 9.17) is 0 Å². The zero-order valence-electron chi connectivity index (χ0n) is 15.9. The minimum Gasteiger partial charge on any atom is -0.394 e. The van der Waals surface area contributed by atoms with Crippen molar-refractivity contribution < 1.29 is 9.90 Å². The van der Waals surface area contributed by atoms with Crippen LogP contribution in [0.25, 0.3) is 27.9 Å². The van der Waals surface area contributed by atoms with Gasteiger partial charge in [0.05, 0.1) is 29.9 Å². The summed E-state index contributed by atoms with van der Waals surface area (Å²) < 4.78 is 3.50. The van der Waals surface area contributed by atoms with E-state index in [1.807, 2.05) is 37.1 Å². The van der Waals surface area contributed by atoms with Gasteiger partial charge in [-0.1, -0.05) is 0 Å². The molecule has 4 aromatic heterocycles.